The summed E-state index contributed by atoms with van der Waals surface area (Å²) in [6.07, 6.45) is 4.65. The number of esters is 1. The number of anilines is 1. The molecule has 1 aliphatic carbocycles. The molecule has 2 heterocycles. The number of hydrogen-bond acceptors (Lipinski definition) is 7. The summed E-state index contributed by atoms with van der Waals surface area (Å²) in [5.74, 6) is -1.07. The SMILES string of the molecule is COCCNC(=O)c1c(NC(=O)COC(=O)CCc2ccsc2)sc2c1CCCC2. The molecular weight excluding hydrogens is 424 g/mol. The van der Waals surface area contributed by atoms with Crippen LogP contribution in [-0.2, 0) is 38.3 Å². The van der Waals surface area contributed by atoms with Gasteiger partial charge in [-0.15, -0.1) is 11.3 Å². The molecule has 2 N–H and O–H groups in total. The third-order valence-corrected chi connectivity index (χ3v) is 6.74. The van der Waals surface area contributed by atoms with Crippen molar-refractivity contribution in [2.45, 2.75) is 38.5 Å². The summed E-state index contributed by atoms with van der Waals surface area (Å²) in [4.78, 5) is 38.1. The second kappa shape index (κ2) is 11.2. The lowest BCUT2D eigenvalue weighted by Gasteiger charge is -2.13. The quantitative estimate of drug-likeness (QED) is 0.428. The van der Waals surface area contributed by atoms with Crippen LogP contribution in [0.5, 0.6) is 0 Å². The predicted molar refractivity (Wildman–Crippen MR) is 117 cm³/mol. The lowest BCUT2D eigenvalue weighted by Crippen LogP contribution is -2.29. The van der Waals surface area contributed by atoms with Crippen LogP contribution in [0.3, 0.4) is 0 Å². The number of carbonyl (C=O) groups is 3. The molecule has 1 aliphatic rings. The first-order valence-electron chi connectivity index (χ1n) is 9.96. The summed E-state index contributed by atoms with van der Waals surface area (Å²) in [6.45, 7) is 0.450. The lowest BCUT2D eigenvalue weighted by atomic mass is 9.95. The summed E-state index contributed by atoms with van der Waals surface area (Å²) in [5.41, 5.74) is 2.63. The first kappa shape index (κ1) is 22.5. The van der Waals surface area contributed by atoms with Crippen LogP contribution in [0.15, 0.2) is 16.8 Å². The Hall–Kier alpha value is -2.23. The van der Waals surface area contributed by atoms with Crippen molar-refractivity contribution in [3.05, 3.63) is 38.4 Å². The van der Waals surface area contributed by atoms with Gasteiger partial charge >= 0.3 is 5.97 Å². The number of amides is 2. The van der Waals surface area contributed by atoms with E-state index in [-0.39, 0.29) is 18.9 Å². The number of methoxy groups -OCH3 is 1. The van der Waals surface area contributed by atoms with Gasteiger partial charge in [0.05, 0.1) is 12.2 Å². The number of ether oxygens (including phenoxy) is 2. The maximum atomic E-state index is 12.7. The molecule has 0 bridgehead atoms. The average molecular weight is 451 g/mol. The van der Waals surface area contributed by atoms with Crippen molar-refractivity contribution in [3.63, 3.8) is 0 Å². The van der Waals surface area contributed by atoms with Gasteiger partial charge in [0, 0.05) is 25.0 Å². The van der Waals surface area contributed by atoms with E-state index in [4.69, 9.17) is 9.47 Å². The molecule has 0 spiro atoms. The van der Waals surface area contributed by atoms with E-state index in [0.717, 1.165) is 41.7 Å². The summed E-state index contributed by atoms with van der Waals surface area (Å²) >= 11 is 3.01. The highest BCUT2D eigenvalue weighted by molar-refractivity contribution is 7.17. The van der Waals surface area contributed by atoms with Crippen molar-refractivity contribution in [2.24, 2.45) is 0 Å². The Morgan fingerprint density at radius 1 is 1.20 bits per heavy atom. The van der Waals surface area contributed by atoms with Crippen molar-refractivity contribution < 1.29 is 23.9 Å². The lowest BCUT2D eigenvalue weighted by molar-refractivity contribution is -0.147. The molecule has 0 saturated heterocycles. The van der Waals surface area contributed by atoms with Crippen LogP contribution < -0.4 is 10.6 Å². The van der Waals surface area contributed by atoms with Gasteiger partial charge in [-0.2, -0.15) is 11.3 Å². The molecule has 2 aromatic rings. The van der Waals surface area contributed by atoms with Gasteiger partial charge in [0.25, 0.3) is 11.8 Å². The third kappa shape index (κ3) is 6.13. The highest BCUT2D eigenvalue weighted by Gasteiger charge is 2.26. The van der Waals surface area contributed by atoms with Crippen LogP contribution in [0, 0.1) is 0 Å². The zero-order valence-electron chi connectivity index (χ0n) is 17.0. The summed E-state index contributed by atoms with van der Waals surface area (Å²) in [6, 6.07) is 1.96. The molecule has 7 nitrogen and oxygen atoms in total. The molecule has 162 valence electrons. The van der Waals surface area contributed by atoms with Crippen molar-refractivity contribution in [2.75, 3.05) is 32.2 Å². The molecule has 2 amide bonds. The van der Waals surface area contributed by atoms with E-state index < -0.39 is 11.9 Å². The minimum atomic E-state index is -0.441. The van der Waals surface area contributed by atoms with Crippen LogP contribution >= 0.6 is 22.7 Å². The maximum Gasteiger partial charge on any atom is 0.306 e. The normalized spacial score (nSPS) is 12.8. The van der Waals surface area contributed by atoms with Gasteiger partial charge in [0.1, 0.15) is 5.00 Å². The third-order valence-electron chi connectivity index (χ3n) is 4.81. The van der Waals surface area contributed by atoms with E-state index in [1.807, 2.05) is 16.8 Å². The second-order valence-electron chi connectivity index (χ2n) is 7.00. The Morgan fingerprint density at radius 3 is 2.80 bits per heavy atom. The smallest absolute Gasteiger partial charge is 0.306 e. The molecular formula is C21H26N2O5S2. The Balaban J connectivity index is 1.57. The highest BCUT2D eigenvalue weighted by Crippen LogP contribution is 2.38. The number of thiophene rings is 2. The van der Waals surface area contributed by atoms with Gasteiger partial charge in [-0.05, 0) is 60.1 Å². The van der Waals surface area contributed by atoms with Gasteiger partial charge in [-0.1, -0.05) is 0 Å². The van der Waals surface area contributed by atoms with E-state index in [1.54, 1.807) is 18.4 Å². The summed E-state index contributed by atoms with van der Waals surface area (Å²) in [5, 5.41) is 10.1. The second-order valence-corrected chi connectivity index (χ2v) is 8.89. The fraction of sp³-hybridized carbons (Fsp3) is 0.476. The molecule has 30 heavy (non-hydrogen) atoms. The van der Waals surface area contributed by atoms with E-state index in [1.165, 1.54) is 11.3 Å². The maximum absolute atomic E-state index is 12.7. The summed E-state index contributed by atoms with van der Waals surface area (Å²) in [7, 11) is 1.58. The van der Waals surface area contributed by atoms with Crippen LogP contribution in [0.2, 0.25) is 0 Å². The zero-order valence-corrected chi connectivity index (χ0v) is 18.6. The molecule has 9 heteroatoms. The standard InChI is InChI=1S/C21H26N2O5S2/c1-27-10-9-22-20(26)19-15-4-2-3-5-16(15)30-21(19)23-17(24)12-28-18(25)7-6-14-8-11-29-13-14/h8,11,13H,2-7,9-10,12H2,1H3,(H,22,26)(H,23,24). The number of rotatable bonds is 10. The van der Waals surface area contributed by atoms with Crippen molar-refractivity contribution in [1.82, 2.24) is 5.32 Å². The first-order chi connectivity index (χ1) is 14.6. The molecule has 0 aliphatic heterocycles. The number of fused-ring (bicyclic) bond motifs is 1. The average Bonchev–Trinajstić information content (AvgIpc) is 3.38. The summed E-state index contributed by atoms with van der Waals surface area (Å²) < 4.78 is 10.1. The van der Waals surface area contributed by atoms with Gasteiger partial charge < -0.3 is 20.1 Å². The Morgan fingerprint density at radius 2 is 2.03 bits per heavy atom. The largest absolute Gasteiger partial charge is 0.456 e. The fourth-order valence-corrected chi connectivity index (χ4v) is 5.32. The van der Waals surface area contributed by atoms with Crippen molar-refractivity contribution in [3.8, 4) is 0 Å². The van der Waals surface area contributed by atoms with Gasteiger partial charge in [-0.25, -0.2) is 0 Å². The van der Waals surface area contributed by atoms with Crippen LogP contribution in [0.1, 0.15) is 45.6 Å². The molecule has 2 aromatic heterocycles. The zero-order chi connectivity index (χ0) is 21.3. The molecule has 0 saturated carbocycles. The first-order valence-corrected chi connectivity index (χ1v) is 11.7. The number of nitrogens with one attached hydrogen (secondary N) is 2. The predicted octanol–water partition coefficient (Wildman–Crippen LogP) is 3.18. The molecule has 0 unspecified atom stereocenters. The van der Waals surface area contributed by atoms with E-state index in [9.17, 15) is 14.4 Å². The van der Waals surface area contributed by atoms with Gasteiger partial charge in [0.15, 0.2) is 6.61 Å². The fourth-order valence-electron chi connectivity index (χ4n) is 3.31. The number of aryl methyl sites for hydroxylation is 2. The van der Waals surface area contributed by atoms with Crippen molar-refractivity contribution >= 4 is 45.5 Å². The van der Waals surface area contributed by atoms with Gasteiger partial charge in [0.2, 0.25) is 0 Å². The van der Waals surface area contributed by atoms with E-state index in [0.29, 0.717) is 30.1 Å². The van der Waals surface area contributed by atoms with Crippen LogP contribution in [-0.4, -0.2) is 44.7 Å². The van der Waals surface area contributed by atoms with Crippen molar-refractivity contribution in [1.29, 1.82) is 0 Å². The number of carbonyl (C=O) groups excluding carboxylic acids is 3. The Bertz CT molecular complexity index is 876. The highest BCUT2D eigenvalue weighted by atomic mass is 32.1. The minimum absolute atomic E-state index is 0.213. The molecule has 0 aromatic carbocycles. The molecule has 0 fully saturated rings. The van der Waals surface area contributed by atoms with Crippen LogP contribution in [0.4, 0.5) is 5.00 Å². The topological polar surface area (TPSA) is 93.7 Å². The minimum Gasteiger partial charge on any atom is -0.456 e. The number of hydrogen-bond donors (Lipinski definition) is 2. The molecule has 3 rings (SSSR count). The monoisotopic (exact) mass is 450 g/mol. The van der Waals surface area contributed by atoms with Gasteiger partial charge in [-0.3, -0.25) is 14.4 Å². The van der Waals surface area contributed by atoms with E-state index >= 15 is 0 Å². The van der Waals surface area contributed by atoms with Crippen LogP contribution in [0.25, 0.3) is 0 Å². The Kier molecular flexibility index (Phi) is 8.41. The molecule has 0 radical (unpaired) electrons. The Labute approximate surface area is 183 Å². The molecule has 0 atom stereocenters. The van der Waals surface area contributed by atoms with E-state index in [2.05, 4.69) is 10.6 Å².